The van der Waals surface area contributed by atoms with Crippen LogP contribution in [0.5, 0.6) is 0 Å². The van der Waals surface area contributed by atoms with E-state index in [1.807, 2.05) is 34.0 Å². The Balaban J connectivity index is 2.54. The first-order valence-corrected chi connectivity index (χ1v) is 8.10. The third-order valence-corrected chi connectivity index (χ3v) is 4.79. The minimum absolute atomic E-state index is 0.0309. The monoisotopic (exact) mass is 291 g/mol. The van der Waals surface area contributed by atoms with Gasteiger partial charge >= 0.3 is 0 Å². The van der Waals surface area contributed by atoms with Crippen molar-refractivity contribution in [1.82, 2.24) is 15.5 Å². The van der Waals surface area contributed by atoms with Crippen molar-refractivity contribution >= 4 is 40.8 Å². The number of amides is 1. The molecule has 1 aromatic rings. The molecule has 1 unspecified atom stereocenters. The third-order valence-electron chi connectivity index (χ3n) is 1.71. The Morgan fingerprint density at radius 1 is 1.35 bits per heavy atom. The van der Waals surface area contributed by atoms with Gasteiger partial charge in [0.1, 0.15) is 0 Å². The Bertz CT molecular complexity index is 386. The van der Waals surface area contributed by atoms with E-state index in [0.717, 1.165) is 8.68 Å². The highest BCUT2D eigenvalue weighted by molar-refractivity contribution is 8.03. The molecule has 1 rings (SSSR count). The normalized spacial score (nSPS) is 13.5. The van der Waals surface area contributed by atoms with Gasteiger partial charge in [-0.3, -0.25) is 4.79 Å². The Morgan fingerprint density at radius 2 is 1.94 bits per heavy atom. The average molecular weight is 291 g/mol. The largest absolute Gasteiger partial charge is 0.351 e. The lowest BCUT2D eigenvalue weighted by Gasteiger charge is -2.22. The first-order chi connectivity index (χ1) is 7.81. The van der Waals surface area contributed by atoms with E-state index < -0.39 is 0 Å². The van der Waals surface area contributed by atoms with E-state index >= 15 is 0 Å². The van der Waals surface area contributed by atoms with E-state index in [1.165, 1.54) is 23.1 Å². The number of carbonyl (C=O) groups excluding carboxylic acids is 1. The summed E-state index contributed by atoms with van der Waals surface area (Å²) in [4.78, 5) is 11.9. The lowest BCUT2D eigenvalue weighted by atomic mass is 10.1. The molecule has 1 amide bonds. The highest BCUT2D eigenvalue weighted by Crippen LogP contribution is 2.30. The van der Waals surface area contributed by atoms with Crippen LogP contribution in [0.1, 0.15) is 27.7 Å². The first-order valence-electron chi connectivity index (χ1n) is 5.18. The summed E-state index contributed by atoms with van der Waals surface area (Å²) >= 11 is 4.53. The van der Waals surface area contributed by atoms with E-state index in [2.05, 4.69) is 15.5 Å². The Morgan fingerprint density at radius 3 is 2.41 bits per heavy atom. The average Bonchev–Trinajstić information content (AvgIpc) is 2.62. The molecule has 0 fully saturated rings. The molecule has 1 heterocycles. The number of rotatable bonds is 4. The molecule has 0 aliphatic rings. The van der Waals surface area contributed by atoms with E-state index in [9.17, 15) is 4.79 Å². The molecule has 0 aliphatic heterocycles. The van der Waals surface area contributed by atoms with Crippen LogP contribution in [0.2, 0.25) is 0 Å². The molecule has 96 valence electrons. The van der Waals surface area contributed by atoms with Crippen LogP contribution in [0.3, 0.4) is 0 Å². The number of nitrogens with one attached hydrogen (secondary N) is 1. The maximum absolute atomic E-state index is 11.9. The summed E-state index contributed by atoms with van der Waals surface area (Å²) < 4.78 is 1.77. The summed E-state index contributed by atoms with van der Waals surface area (Å²) in [5.74, 6) is 0.0309. The Hall–Kier alpha value is -0.270. The highest BCUT2D eigenvalue weighted by Gasteiger charge is 2.21. The quantitative estimate of drug-likeness (QED) is 0.864. The summed E-state index contributed by atoms with van der Waals surface area (Å²) in [6, 6.07) is 0. The topological polar surface area (TPSA) is 54.9 Å². The van der Waals surface area contributed by atoms with E-state index in [4.69, 9.17) is 0 Å². The molecule has 0 spiro atoms. The van der Waals surface area contributed by atoms with Crippen LogP contribution >= 0.6 is 34.9 Å². The van der Waals surface area contributed by atoms with Crippen molar-refractivity contribution in [2.24, 2.45) is 0 Å². The molecule has 0 bridgehead atoms. The van der Waals surface area contributed by atoms with Gasteiger partial charge in [-0.15, -0.1) is 10.2 Å². The lowest BCUT2D eigenvalue weighted by Crippen LogP contribution is -2.44. The van der Waals surface area contributed by atoms with Crippen molar-refractivity contribution in [2.75, 3.05) is 6.26 Å². The van der Waals surface area contributed by atoms with Gasteiger partial charge < -0.3 is 5.32 Å². The zero-order valence-corrected chi connectivity index (χ0v) is 13.1. The number of nitrogens with zero attached hydrogens (tertiary/aromatic N) is 2. The van der Waals surface area contributed by atoms with Crippen LogP contribution in [-0.2, 0) is 4.79 Å². The van der Waals surface area contributed by atoms with Crippen LogP contribution in [-0.4, -0.2) is 33.1 Å². The fourth-order valence-electron chi connectivity index (χ4n) is 1.00. The zero-order chi connectivity index (χ0) is 13.1. The number of carbonyl (C=O) groups is 1. The fraction of sp³-hybridized carbons (Fsp3) is 0.700. The Labute approximate surface area is 114 Å². The van der Waals surface area contributed by atoms with Gasteiger partial charge in [-0.2, -0.15) is 0 Å². The van der Waals surface area contributed by atoms with Crippen LogP contribution in [0, 0.1) is 0 Å². The minimum Gasteiger partial charge on any atom is -0.351 e. The van der Waals surface area contributed by atoms with Gasteiger partial charge in [0.15, 0.2) is 8.68 Å². The molecule has 7 heteroatoms. The standard InChI is InChI=1S/C10H17N3OS3/c1-6(7(14)11-10(2,3)4)16-9-13-12-8(15-5)17-9/h6H,1-5H3,(H,11,14). The SMILES string of the molecule is CSc1nnc(SC(C)C(=O)NC(C)(C)C)s1. The van der Waals surface area contributed by atoms with Crippen molar-refractivity contribution in [3.05, 3.63) is 0 Å². The van der Waals surface area contributed by atoms with Crippen molar-refractivity contribution < 1.29 is 4.79 Å². The molecule has 0 saturated carbocycles. The zero-order valence-electron chi connectivity index (χ0n) is 10.6. The van der Waals surface area contributed by atoms with Gasteiger partial charge in [-0.05, 0) is 34.0 Å². The van der Waals surface area contributed by atoms with E-state index in [-0.39, 0.29) is 16.7 Å². The maximum Gasteiger partial charge on any atom is 0.233 e. The van der Waals surface area contributed by atoms with Gasteiger partial charge in [-0.1, -0.05) is 34.9 Å². The minimum atomic E-state index is -0.197. The van der Waals surface area contributed by atoms with Crippen molar-refractivity contribution in [1.29, 1.82) is 0 Å². The third kappa shape index (κ3) is 5.27. The van der Waals surface area contributed by atoms with Crippen molar-refractivity contribution in [3.8, 4) is 0 Å². The molecule has 0 aliphatic carbocycles. The molecule has 1 N–H and O–H groups in total. The van der Waals surface area contributed by atoms with Crippen LogP contribution < -0.4 is 5.32 Å². The summed E-state index contributed by atoms with van der Waals surface area (Å²) in [5.41, 5.74) is -0.197. The van der Waals surface area contributed by atoms with Gasteiger partial charge in [-0.25, -0.2) is 0 Å². The second-order valence-corrected chi connectivity index (χ2v) is 8.16. The summed E-state index contributed by atoms with van der Waals surface area (Å²) in [6.07, 6.45) is 1.96. The predicted octanol–water partition coefficient (Wildman–Crippen LogP) is 2.66. The van der Waals surface area contributed by atoms with Crippen LogP contribution in [0.15, 0.2) is 8.68 Å². The number of hydrogen-bond acceptors (Lipinski definition) is 6. The lowest BCUT2D eigenvalue weighted by molar-refractivity contribution is -0.121. The van der Waals surface area contributed by atoms with E-state index in [0.29, 0.717) is 0 Å². The van der Waals surface area contributed by atoms with Gasteiger partial charge in [0.25, 0.3) is 0 Å². The molecule has 0 radical (unpaired) electrons. The van der Waals surface area contributed by atoms with Crippen LogP contribution in [0.25, 0.3) is 0 Å². The van der Waals surface area contributed by atoms with Crippen LogP contribution in [0.4, 0.5) is 0 Å². The summed E-state index contributed by atoms with van der Waals surface area (Å²) in [5, 5.41) is 10.8. The molecule has 1 aromatic heterocycles. The molecule has 1 atom stereocenters. The summed E-state index contributed by atoms with van der Waals surface area (Å²) in [7, 11) is 0. The molecular formula is C10H17N3OS3. The van der Waals surface area contributed by atoms with Gasteiger partial charge in [0.2, 0.25) is 5.91 Å². The second-order valence-electron chi connectivity index (χ2n) is 4.54. The van der Waals surface area contributed by atoms with Gasteiger partial charge in [0.05, 0.1) is 5.25 Å². The molecular weight excluding hydrogens is 274 g/mol. The predicted molar refractivity (Wildman–Crippen MR) is 74.9 cm³/mol. The first kappa shape index (κ1) is 14.8. The number of thioether (sulfide) groups is 2. The van der Waals surface area contributed by atoms with E-state index in [1.54, 1.807) is 11.8 Å². The molecule has 0 saturated heterocycles. The number of hydrogen-bond donors (Lipinski definition) is 1. The smallest absolute Gasteiger partial charge is 0.233 e. The van der Waals surface area contributed by atoms with Crippen molar-refractivity contribution in [2.45, 2.75) is 47.2 Å². The molecule has 17 heavy (non-hydrogen) atoms. The second kappa shape index (κ2) is 6.06. The molecule has 0 aromatic carbocycles. The highest BCUT2D eigenvalue weighted by atomic mass is 32.2. The molecule has 4 nitrogen and oxygen atoms in total. The maximum atomic E-state index is 11.9. The number of aromatic nitrogens is 2. The van der Waals surface area contributed by atoms with Crippen molar-refractivity contribution in [3.63, 3.8) is 0 Å². The van der Waals surface area contributed by atoms with Gasteiger partial charge in [0, 0.05) is 5.54 Å². The fourth-order valence-corrected chi connectivity index (χ4v) is 3.59. The summed E-state index contributed by atoms with van der Waals surface area (Å²) in [6.45, 7) is 7.79. The Kier molecular flexibility index (Phi) is 5.27.